The highest BCUT2D eigenvalue weighted by Gasteiger charge is 2.41. The number of hydrogen-bond donors (Lipinski definition) is 1. The number of benzene rings is 2. The Kier molecular flexibility index (Phi) is 8.18. The van der Waals surface area contributed by atoms with E-state index in [1.807, 2.05) is 0 Å². The van der Waals surface area contributed by atoms with Crippen molar-refractivity contribution in [2.24, 2.45) is 0 Å². The van der Waals surface area contributed by atoms with E-state index in [0.717, 1.165) is 12.1 Å². The Balaban J connectivity index is 2.04. The number of alkyl halides is 3. The molecular weight excluding hydrogens is 529 g/mol. The smallest absolute Gasteiger partial charge is 0.416 e. The third kappa shape index (κ3) is 5.80. The summed E-state index contributed by atoms with van der Waals surface area (Å²) in [7, 11) is 1.20. The highest BCUT2D eigenvalue weighted by Crippen LogP contribution is 2.39. The largest absolute Gasteiger partial charge is 0.494 e. The lowest BCUT2D eigenvalue weighted by Crippen LogP contribution is -2.49. The van der Waals surface area contributed by atoms with Gasteiger partial charge in [0.05, 0.1) is 35.5 Å². The van der Waals surface area contributed by atoms with Crippen LogP contribution in [0.3, 0.4) is 0 Å². The maximum absolute atomic E-state index is 14.9. The maximum Gasteiger partial charge on any atom is 0.416 e. The van der Waals surface area contributed by atoms with E-state index in [2.05, 4.69) is 17.0 Å². The number of allylic oxidation sites excluding steroid dienone is 1. The average molecular weight is 554 g/mol. The molecule has 0 saturated carbocycles. The number of ether oxygens (including phenoxy) is 1. The molecule has 0 fully saturated rings. The molecule has 1 N–H and O–H groups in total. The zero-order valence-corrected chi connectivity index (χ0v) is 21.3. The summed E-state index contributed by atoms with van der Waals surface area (Å²) in [6, 6.07) is 15.3. The summed E-state index contributed by atoms with van der Waals surface area (Å²) < 4.78 is 76.6. The molecule has 4 aromatic rings. The number of pyridine rings is 1. The number of amides is 1. The number of methoxy groups -OCH3 is 1. The first-order valence-electron chi connectivity index (χ1n) is 12.0. The van der Waals surface area contributed by atoms with Gasteiger partial charge in [0.15, 0.2) is 0 Å². The molecule has 0 saturated heterocycles. The van der Waals surface area contributed by atoms with Crippen LogP contribution in [0.15, 0.2) is 116 Å². The second kappa shape index (κ2) is 11.6. The fourth-order valence-corrected chi connectivity index (χ4v) is 4.51. The third-order valence-corrected chi connectivity index (χ3v) is 6.39. The number of nitrogens with zero attached hydrogens (tertiary/aromatic N) is 2. The molecule has 4 rings (SSSR count). The van der Waals surface area contributed by atoms with Crippen LogP contribution in [0.4, 0.5) is 22.0 Å². The Labute approximate surface area is 226 Å². The van der Waals surface area contributed by atoms with Gasteiger partial charge in [-0.15, -0.1) is 0 Å². The molecule has 0 unspecified atom stereocenters. The molecule has 2 aromatic heterocycles. The molecule has 0 bridgehead atoms. The van der Waals surface area contributed by atoms with E-state index in [-0.39, 0.29) is 35.2 Å². The monoisotopic (exact) mass is 553 g/mol. The normalized spacial score (nSPS) is 14.1. The fraction of sp³-hybridized carbons (Fsp3) is 0.133. The Morgan fingerprint density at radius 2 is 1.80 bits per heavy atom. The average Bonchev–Trinajstić information content (AvgIpc) is 3.42. The van der Waals surface area contributed by atoms with Crippen LogP contribution in [0, 0.1) is 5.82 Å². The van der Waals surface area contributed by atoms with Gasteiger partial charge >= 0.3 is 6.18 Å². The zero-order chi connectivity index (χ0) is 28.9. The van der Waals surface area contributed by atoms with Crippen molar-refractivity contribution < 1.29 is 31.5 Å². The first-order valence-corrected chi connectivity index (χ1v) is 12.0. The first kappa shape index (κ1) is 28.3. The summed E-state index contributed by atoms with van der Waals surface area (Å²) in [5.41, 5.74) is -2.16. The van der Waals surface area contributed by atoms with Gasteiger partial charge in [-0.25, -0.2) is 13.3 Å². The summed E-state index contributed by atoms with van der Waals surface area (Å²) in [5, 5.41) is 6.96. The van der Waals surface area contributed by atoms with Gasteiger partial charge in [0.2, 0.25) is 0 Å². The van der Waals surface area contributed by atoms with Crippen molar-refractivity contribution in [3.05, 3.63) is 144 Å². The van der Waals surface area contributed by atoms with Crippen LogP contribution in [0.25, 0.3) is 5.52 Å². The Bertz CT molecular complexity index is 1590. The Morgan fingerprint density at radius 3 is 2.45 bits per heavy atom. The van der Waals surface area contributed by atoms with E-state index in [1.165, 1.54) is 36.0 Å². The van der Waals surface area contributed by atoms with E-state index in [4.69, 9.17) is 4.74 Å². The Hall–Kier alpha value is -4.73. The lowest BCUT2D eigenvalue weighted by molar-refractivity contribution is -0.137. The van der Waals surface area contributed by atoms with E-state index >= 15 is 0 Å². The predicted molar refractivity (Wildman–Crippen MR) is 140 cm³/mol. The van der Waals surface area contributed by atoms with Gasteiger partial charge in [0.25, 0.3) is 5.91 Å². The number of halogens is 5. The predicted octanol–water partition coefficient (Wildman–Crippen LogP) is 6.93. The van der Waals surface area contributed by atoms with Gasteiger partial charge in [-0.05, 0) is 59.2 Å². The molecule has 5 nitrogen and oxygen atoms in total. The minimum absolute atomic E-state index is 0.0506. The van der Waals surface area contributed by atoms with Crippen molar-refractivity contribution in [1.29, 1.82) is 0 Å². The van der Waals surface area contributed by atoms with Crippen LogP contribution in [-0.4, -0.2) is 22.6 Å². The number of rotatable bonds is 9. The second-order valence-corrected chi connectivity index (χ2v) is 8.85. The molecule has 2 aromatic carbocycles. The molecule has 40 heavy (non-hydrogen) atoms. The standard InChI is InChI=1S/C30H24F5N3O2/c1-3-21(17-25(19-31)40-2)29(18-20-8-5-4-6-9-20,22-14-23(30(33,34)35)16-24(32)15-22)37-28(39)26-10-7-13-38-27(26)11-12-36-38/h3-17,19H,1,18H2,2H3,(H,37,39)/b21-17+,25-19-/t29-/m1/s1. The highest BCUT2D eigenvalue weighted by molar-refractivity contribution is 6.01. The molecule has 0 spiro atoms. The topological polar surface area (TPSA) is 55.6 Å². The van der Waals surface area contributed by atoms with E-state index in [1.54, 1.807) is 48.7 Å². The lowest BCUT2D eigenvalue weighted by Gasteiger charge is -2.38. The van der Waals surface area contributed by atoms with Gasteiger partial charge < -0.3 is 10.1 Å². The second-order valence-electron chi connectivity index (χ2n) is 8.85. The quantitative estimate of drug-likeness (QED) is 0.139. The highest BCUT2D eigenvalue weighted by atomic mass is 19.4. The molecular formula is C30H24F5N3O2. The summed E-state index contributed by atoms with van der Waals surface area (Å²) >= 11 is 0. The van der Waals surface area contributed by atoms with Crippen LogP contribution in [0.1, 0.15) is 27.0 Å². The van der Waals surface area contributed by atoms with Gasteiger partial charge in [-0.1, -0.05) is 43.0 Å². The van der Waals surface area contributed by atoms with Crippen molar-refractivity contribution in [1.82, 2.24) is 14.9 Å². The van der Waals surface area contributed by atoms with Crippen molar-refractivity contribution >= 4 is 11.4 Å². The number of hydrogen-bond acceptors (Lipinski definition) is 3. The third-order valence-electron chi connectivity index (χ3n) is 6.39. The van der Waals surface area contributed by atoms with Crippen LogP contribution in [0.2, 0.25) is 0 Å². The SMILES string of the molecule is C=C/C(=C\C(=C\F)OC)[C@@](Cc1ccccc1)(NC(=O)c1cccn2nccc12)c1cc(F)cc(C(F)(F)F)c1. The molecule has 0 radical (unpaired) electrons. The molecule has 2 heterocycles. The lowest BCUT2D eigenvalue weighted by atomic mass is 9.76. The van der Waals surface area contributed by atoms with Crippen LogP contribution in [-0.2, 0) is 22.9 Å². The summed E-state index contributed by atoms with van der Waals surface area (Å²) in [6.07, 6.45) is 0.658. The number of nitrogens with one attached hydrogen (secondary N) is 1. The molecule has 0 aliphatic heterocycles. The van der Waals surface area contributed by atoms with Crippen molar-refractivity contribution in [2.45, 2.75) is 18.1 Å². The summed E-state index contributed by atoms with van der Waals surface area (Å²) in [4.78, 5) is 13.9. The molecule has 0 aliphatic carbocycles. The van der Waals surface area contributed by atoms with Gasteiger partial charge in [-0.2, -0.15) is 18.3 Å². The number of carbonyl (C=O) groups is 1. The first-order chi connectivity index (χ1) is 19.1. The van der Waals surface area contributed by atoms with Crippen LogP contribution in [0.5, 0.6) is 0 Å². The fourth-order valence-electron chi connectivity index (χ4n) is 4.51. The maximum atomic E-state index is 14.9. The minimum Gasteiger partial charge on any atom is -0.494 e. The van der Waals surface area contributed by atoms with Gasteiger partial charge in [0, 0.05) is 12.6 Å². The molecule has 206 valence electrons. The Morgan fingerprint density at radius 1 is 1.07 bits per heavy atom. The molecule has 0 aliphatic rings. The van der Waals surface area contributed by atoms with Crippen molar-refractivity contribution in [3.8, 4) is 0 Å². The van der Waals surface area contributed by atoms with Crippen molar-refractivity contribution in [2.75, 3.05) is 7.11 Å². The number of carbonyl (C=O) groups excluding carboxylic acids is 1. The van der Waals surface area contributed by atoms with Gasteiger partial charge in [0.1, 0.15) is 17.9 Å². The van der Waals surface area contributed by atoms with Crippen molar-refractivity contribution in [3.63, 3.8) is 0 Å². The summed E-state index contributed by atoms with van der Waals surface area (Å²) in [6.45, 7) is 3.78. The minimum atomic E-state index is -4.89. The molecule has 10 heteroatoms. The molecule has 1 amide bonds. The van der Waals surface area contributed by atoms with Crippen LogP contribution < -0.4 is 5.32 Å². The van der Waals surface area contributed by atoms with E-state index in [9.17, 15) is 26.7 Å². The summed E-state index contributed by atoms with van der Waals surface area (Å²) in [5.74, 6) is -2.17. The zero-order valence-electron chi connectivity index (χ0n) is 21.3. The van der Waals surface area contributed by atoms with E-state index in [0.29, 0.717) is 17.1 Å². The van der Waals surface area contributed by atoms with Crippen LogP contribution >= 0.6 is 0 Å². The molecule has 1 atom stereocenters. The van der Waals surface area contributed by atoms with Gasteiger partial charge in [-0.3, -0.25) is 4.79 Å². The number of aromatic nitrogens is 2. The number of fused-ring (bicyclic) bond motifs is 1. The van der Waals surface area contributed by atoms with E-state index < -0.39 is 29.0 Å².